The summed E-state index contributed by atoms with van der Waals surface area (Å²) >= 11 is 0. The minimum atomic E-state index is -0.260. The zero-order valence-corrected chi connectivity index (χ0v) is 18.0. The highest BCUT2D eigenvalue weighted by molar-refractivity contribution is 5.85. The standard InChI is InChI=1S/C21H32N6O2/c1-6-17-25-19(29-27-17)16-10-8-15(9-11-16)12-13-23-20(22-7-2)24-14-18(28)26-21(3,4)5/h8-11H,6-7,12-14H2,1-5H3,(H,26,28)(H2,22,23,24). The van der Waals surface area contributed by atoms with Crippen molar-refractivity contribution in [1.29, 1.82) is 0 Å². The van der Waals surface area contributed by atoms with Crippen molar-refractivity contribution < 1.29 is 9.32 Å². The first-order valence-electron chi connectivity index (χ1n) is 10.1. The zero-order chi connectivity index (χ0) is 21.3. The molecule has 158 valence electrons. The first-order chi connectivity index (χ1) is 13.8. The molecule has 1 heterocycles. The summed E-state index contributed by atoms with van der Waals surface area (Å²) in [5, 5.41) is 13.2. The van der Waals surface area contributed by atoms with E-state index in [1.54, 1.807) is 0 Å². The van der Waals surface area contributed by atoms with Crippen LogP contribution in [-0.2, 0) is 17.6 Å². The van der Waals surface area contributed by atoms with Crippen LogP contribution in [0, 0.1) is 0 Å². The van der Waals surface area contributed by atoms with Gasteiger partial charge in [0, 0.05) is 30.6 Å². The molecule has 0 atom stereocenters. The summed E-state index contributed by atoms with van der Waals surface area (Å²) in [5.74, 6) is 1.78. The van der Waals surface area contributed by atoms with Crippen LogP contribution in [0.2, 0.25) is 0 Å². The van der Waals surface area contributed by atoms with Gasteiger partial charge >= 0.3 is 0 Å². The van der Waals surface area contributed by atoms with Gasteiger partial charge in [-0.05, 0) is 51.8 Å². The van der Waals surface area contributed by atoms with Crippen molar-refractivity contribution in [2.24, 2.45) is 4.99 Å². The predicted octanol–water partition coefficient (Wildman–Crippen LogP) is 2.31. The molecule has 8 nitrogen and oxygen atoms in total. The molecule has 1 aromatic heterocycles. The van der Waals surface area contributed by atoms with Crippen molar-refractivity contribution in [3.05, 3.63) is 35.7 Å². The van der Waals surface area contributed by atoms with Crippen LogP contribution in [0.1, 0.15) is 46.0 Å². The van der Waals surface area contributed by atoms with Crippen LogP contribution < -0.4 is 16.0 Å². The maximum Gasteiger partial charge on any atom is 0.257 e. The Kier molecular flexibility index (Phi) is 8.18. The van der Waals surface area contributed by atoms with Gasteiger partial charge in [-0.15, -0.1) is 0 Å². The van der Waals surface area contributed by atoms with Crippen molar-refractivity contribution in [3.8, 4) is 11.5 Å². The Balaban J connectivity index is 1.85. The number of aromatic nitrogens is 2. The Morgan fingerprint density at radius 1 is 1.14 bits per heavy atom. The molecule has 2 aromatic rings. The second-order valence-corrected chi connectivity index (χ2v) is 7.74. The van der Waals surface area contributed by atoms with Crippen molar-refractivity contribution in [2.75, 3.05) is 19.6 Å². The van der Waals surface area contributed by atoms with Gasteiger partial charge in [-0.1, -0.05) is 24.2 Å². The average Bonchev–Trinajstić information content (AvgIpc) is 3.14. The fourth-order valence-electron chi connectivity index (χ4n) is 2.60. The number of hydrogen-bond donors (Lipinski definition) is 3. The predicted molar refractivity (Wildman–Crippen MR) is 115 cm³/mol. The summed E-state index contributed by atoms with van der Waals surface area (Å²) in [5.41, 5.74) is 1.83. The molecule has 0 bridgehead atoms. The van der Waals surface area contributed by atoms with Crippen molar-refractivity contribution >= 4 is 11.9 Å². The van der Waals surface area contributed by atoms with E-state index in [1.165, 1.54) is 5.56 Å². The first kappa shape index (κ1) is 22.4. The highest BCUT2D eigenvalue weighted by atomic mass is 16.5. The number of aryl methyl sites for hydroxylation is 1. The second kappa shape index (κ2) is 10.6. The summed E-state index contributed by atoms with van der Waals surface area (Å²) in [6.45, 7) is 11.3. The number of benzene rings is 1. The highest BCUT2D eigenvalue weighted by Gasteiger charge is 2.13. The number of aliphatic imine (C=N–C) groups is 1. The Morgan fingerprint density at radius 2 is 1.86 bits per heavy atom. The number of carbonyl (C=O) groups is 1. The lowest BCUT2D eigenvalue weighted by Crippen LogP contribution is -2.43. The lowest BCUT2D eigenvalue weighted by molar-refractivity contribution is -0.121. The zero-order valence-electron chi connectivity index (χ0n) is 18.0. The van der Waals surface area contributed by atoms with Crippen molar-refractivity contribution in [3.63, 3.8) is 0 Å². The summed E-state index contributed by atoms with van der Waals surface area (Å²) < 4.78 is 5.27. The number of amides is 1. The van der Waals surface area contributed by atoms with Gasteiger partial charge in [-0.25, -0.2) is 4.99 Å². The lowest BCUT2D eigenvalue weighted by Gasteiger charge is -2.20. The number of hydrogen-bond acceptors (Lipinski definition) is 5. The van der Waals surface area contributed by atoms with Gasteiger partial charge in [0.1, 0.15) is 6.54 Å². The molecule has 0 spiro atoms. The molecule has 0 fully saturated rings. The van der Waals surface area contributed by atoms with Gasteiger partial charge < -0.3 is 20.5 Å². The van der Waals surface area contributed by atoms with Crippen LogP contribution in [0.4, 0.5) is 0 Å². The maximum atomic E-state index is 11.9. The molecule has 0 radical (unpaired) electrons. The topological polar surface area (TPSA) is 104 Å². The minimum Gasteiger partial charge on any atom is -0.357 e. The fraction of sp³-hybridized carbons (Fsp3) is 0.524. The SMILES string of the molecule is CCNC(=NCC(=O)NC(C)(C)C)NCCc1ccc(-c2nc(CC)no2)cc1. The molecular weight excluding hydrogens is 368 g/mol. The van der Waals surface area contributed by atoms with Crippen molar-refractivity contribution in [1.82, 2.24) is 26.1 Å². The van der Waals surface area contributed by atoms with E-state index < -0.39 is 0 Å². The summed E-state index contributed by atoms with van der Waals surface area (Å²) in [7, 11) is 0. The Bertz CT molecular complexity index is 805. The molecule has 8 heteroatoms. The second-order valence-electron chi connectivity index (χ2n) is 7.74. The van der Waals surface area contributed by atoms with Crippen LogP contribution in [-0.4, -0.2) is 47.2 Å². The van der Waals surface area contributed by atoms with Gasteiger partial charge in [-0.2, -0.15) is 4.98 Å². The molecule has 29 heavy (non-hydrogen) atoms. The lowest BCUT2D eigenvalue weighted by atomic mass is 10.1. The fourth-order valence-corrected chi connectivity index (χ4v) is 2.60. The molecule has 0 unspecified atom stereocenters. The van der Waals surface area contributed by atoms with Crippen LogP contribution in [0.25, 0.3) is 11.5 Å². The monoisotopic (exact) mass is 400 g/mol. The first-order valence-corrected chi connectivity index (χ1v) is 10.1. The number of guanidine groups is 1. The Morgan fingerprint density at radius 3 is 2.45 bits per heavy atom. The highest BCUT2D eigenvalue weighted by Crippen LogP contribution is 2.18. The molecule has 1 aromatic carbocycles. The molecule has 0 saturated heterocycles. The molecule has 0 aliphatic carbocycles. The van der Waals surface area contributed by atoms with E-state index in [0.717, 1.165) is 24.9 Å². The number of nitrogens with one attached hydrogen (secondary N) is 3. The molecule has 0 aliphatic heterocycles. The Hall–Kier alpha value is -2.90. The molecule has 0 saturated carbocycles. The van der Waals surface area contributed by atoms with Gasteiger partial charge in [-0.3, -0.25) is 4.79 Å². The average molecular weight is 401 g/mol. The van der Waals surface area contributed by atoms with E-state index in [0.29, 0.717) is 24.2 Å². The van der Waals surface area contributed by atoms with Gasteiger partial charge in [0.25, 0.3) is 5.89 Å². The van der Waals surface area contributed by atoms with E-state index in [1.807, 2.05) is 58.9 Å². The minimum absolute atomic E-state index is 0.0885. The number of carbonyl (C=O) groups excluding carboxylic acids is 1. The van der Waals surface area contributed by atoms with Crippen LogP contribution in [0.5, 0.6) is 0 Å². The summed E-state index contributed by atoms with van der Waals surface area (Å²) in [6, 6.07) is 8.07. The van der Waals surface area contributed by atoms with Crippen LogP contribution in [0.3, 0.4) is 0 Å². The van der Waals surface area contributed by atoms with Gasteiger partial charge in [0.15, 0.2) is 11.8 Å². The molecule has 2 rings (SSSR count). The van der Waals surface area contributed by atoms with E-state index in [2.05, 4.69) is 31.1 Å². The normalized spacial score (nSPS) is 12.0. The van der Waals surface area contributed by atoms with Crippen LogP contribution in [0.15, 0.2) is 33.8 Å². The molecule has 3 N–H and O–H groups in total. The molecule has 0 aliphatic rings. The van der Waals surface area contributed by atoms with Crippen LogP contribution >= 0.6 is 0 Å². The van der Waals surface area contributed by atoms with Gasteiger partial charge in [0.2, 0.25) is 5.91 Å². The maximum absolute atomic E-state index is 11.9. The molecular formula is C21H32N6O2. The molecule has 1 amide bonds. The summed E-state index contributed by atoms with van der Waals surface area (Å²) in [6.07, 6.45) is 1.57. The quantitative estimate of drug-likeness (QED) is 0.464. The third-order valence-corrected chi connectivity index (χ3v) is 3.93. The van der Waals surface area contributed by atoms with E-state index in [-0.39, 0.29) is 18.0 Å². The van der Waals surface area contributed by atoms with E-state index in [9.17, 15) is 4.79 Å². The van der Waals surface area contributed by atoms with E-state index >= 15 is 0 Å². The third-order valence-electron chi connectivity index (χ3n) is 3.93. The third kappa shape index (κ3) is 7.93. The number of rotatable bonds is 8. The Labute approximate surface area is 172 Å². The van der Waals surface area contributed by atoms with E-state index in [4.69, 9.17) is 4.52 Å². The van der Waals surface area contributed by atoms with Gasteiger partial charge in [0.05, 0.1) is 0 Å². The van der Waals surface area contributed by atoms with Crippen molar-refractivity contribution in [2.45, 2.75) is 53.0 Å². The largest absolute Gasteiger partial charge is 0.357 e. The summed E-state index contributed by atoms with van der Waals surface area (Å²) in [4.78, 5) is 20.6. The number of nitrogens with zero attached hydrogens (tertiary/aromatic N) is 3. The smallest absolute Gasteiger partial charge is 0.257 e.